The predicted octanol–water partition coefficient (Wildman–Crippen LogP) is 9.69. The number of para-hydroxylation sites is 1. The van der Waals surface area contributed by atoms with Crippen molar-refractivity contribution in [1.29, 1.82) is 0 Å². The molecule has 206 valence electrons. The first-order valence-electron chi connectivity index (χ1n) is 13.4. The molecule has 5 rings (SSSR count). The van der Waals surface area contributed by atoms with E-state index in [1.807, 2.05) is 54.7 Å². The number of nitrogens with one attached hydrogen (secondary N) is 1. The Hall–Kier alpha value is -2.24. The van der Waals surface area contributed by atoms with Gasteiger partial charge in [-0.1, -0.05) is 69.3 Å². The maximum Gasteiger partial charge on any atom is 0.259 e. The van der Waals surface area contributed by atoms with Crippen LogP contribution >= 0.6 is 56.5 Å². The molecule has 1 N–H and O–H groups in total. The predicted molar refractivity (Wildman–Crippen MR) is 184 cm³/mol. The zero-order valence-corrected chi connectivity index (χ0v) is 28.0. The number of fused-ring (bicyclic) bond motifs is 1. The molecule has 0 spiro atoms. The zero-order valence-electron chi connectivity index (χ0n) is 22.8. The molecule has 1 aliphatic rings. The molecule has 1 aliphatic carbocycles. The summed E-state index contributed by atoms with van der Waals surface area (Å²) in [4.78, 5) is 19.8. The molecule has 4 aromatic rings. The minimum absolute atomic E-state index is 0.0844. The summed E-state index contributed by atoms with van der Waals surface area (Å²) in [5, 5.41) is 3.88. The second-order valence-corrected chi connectivity index (χ2v) is 14.6. The third-order valence-electron chi connectivity index (χ3n) is 7.31. The SMILES string of the molecule is CC(C)(C)[C@H]1CCc2c(sc(N=Cc3cc(I)c(OCc4ccccc4)c(I)c3)c2C(=O)Nc2ccccc2)C1. The van der Waals surface area contributed by atoms with E-state index in [1.165, 1.54) is 10.4 Å². The molecule has 1 aromatic heterocycles. The first-order valence-corrected chi connectivity index (χ1v) is 16.4. The van der Waals surface area contributed by atoms with Gasteiger partial charge >= 0.3 is 0 Å². The minimum Gasteiger partial charge on any atom is -0.487 e. The smallest absolute Gasteiger partial charge is 0.259 e. The fourth-order valence-corrected chi connectivity index (χ4v) is 8.40. The lowest BCUT2D eigenvalue weighted by Crippen LogP contribution is -2.27. The molecule has 4 nitrogen and oxygen atoms in total. The van der Waals surface area contributed by atoms with E-state index in [2.05, 4.69) is 95.5 Å². The molecular formula is C33H32I2N2O2S. The number of nitrogens with zero attached hydrogens (tertiary/aromatic N) is 1. The Morgan fingerprint density at radius 3 is 2.35 bits per heavy atom. The monoisotopic (exact) mass is 774 g/mol. The number of rotatable bonds is 7. The summed E-state index contributed by atoms with van der Waals surface area (Å²) in [5.41, 5.74) is 5.03. The molecule has 0 aliphatic heterocycles. The number of hydrogen-bond donors (Lipinski definition) is 1. The highest BCUT2D eigenvalue weighted by atomic mass is 127. The Morgan fingerprint density at radius 1 is 1.05 bits per heavy atom. The van der Waals surface area contributed by atoms with Gasteiger partial charge in [0.25, 0.3) is 5.91 Å². The van der Waals surface area contributed by atoms with E-state index in [-0.39, 0.29) is 11.3 Å². The van der Waals surface area contributed by atoms with E-state index in [1.54, 1.807) is 11.3 Å². The van der Waals surface area contributed by atoms with Crippen LogP contribution in [0, 0.1) is 18.5 Å². The summed E-state index contributed by atoms with van der Waals surface area (Å²) in [6, 6.07) is 24.0. The van der Waals surface area contributed by atoms with Crippen LogP contribution in [0.5, 0.6) is 5.75 Å². The van der Waals surface area contributed by atoms with E-state index in [4.69, 9.17) is 9.73 Å². The summed E-state index contributed by atoms with van der Waals surface area (Å²) in [5.74, 6) is 1.39. The molecule has 0 fully saturated rings. The fraction of sp³-hybridized carbons (Fsp3) is 0.273. The lowest BCUT2D eigenvalue weighted by Gasteiger charge is -2.33. The van der Waals surface area contributed by atoms with Crippen LogP contribution in [0.25, 0.3) is 0 Å². The van der Waals surface area contributed by atoms with Crippen LogP contribution in [0.15, 0.2) is 77.8 Å². The number of aliphatic imine (C=N–C) groups is 1. The van der Waals surface area contributed by atoms with Crippen molar-refractivity contribution in [2.24, 2.45) is 16.3 Å². The van der Waals surface area contributed by atoms with Crippen molar-refractivity contribution in [2.75, 3.05) is 5.32 Å². The Balaban J connectivity index is 1.43. The molecule has 7 heteroatoms. The van der Waals surface area contributed by atoms with E-state index in [9.17, 15) is 4.79 Å². The summed E-state index contributed by atoms with van der Waals surface area (Å²) in [6.45, 7) is 7.47. The summed E-state index contributed by atoms with van der Waals surface area (Å²) >= 11 is 6.32. The second kappa shape index (κ2) is 12.7. The molecule has 3 aromatic carbocycles. The van der Waals surface area contributed by atoms with Crippen molar-refractivity contribution < 1.29 is 9.53 Å². The molecular weight excluding hydrogens is 742 g/mol. The Kier molecular flexibility index (Phi) is 9.31. The summed E-state index contributed by atoms with van der Waals surface area (Å²) < 4.78 is 8.22. The molecule has 0 saturated heterocycles. The van der Waals surface area contributed by atoms with Crippen molar-refractivity contribution >= 4 is 79.3 Å². The van der Waals surface area contributed by atoms with Gasteiger partial charge in [0.2, 0.25) is 0 Å². The van der Waals surface area contributed by atoms with Crippen molar-refractivity contribution in [2.45, 2.75) is 46.6 Å². The number of halogens is 2. The largest absolute Gasteiger partial charge is 0.487 e. The van der Waals surface area contributed by atoms with Crippen LogP contribution in [0.4, 0.5) is 10.7 Å². The molecule has 40 heavy (non-hydrogen) atoms. The fourth-order valence-electron chi connectivity index (χ4n) is 5.01. The van der Waals surface area contributed by atoms with Gasteiger partial charge in [-0.15, -0.1) is 11.3 Å². The van der Waals surface area contributed by atoms with Crippen molar-refractivity contribution in [3.05, 3.63) is 107 Å². The number of thiophene rings is 1. The molecule has 0 radical (unpaired) electrons. The Morgan fingerprint density at radius 2 is 1.70 bits per heavy atom. The molecule has 1 amide bonds. The standard InChI is InChI=1S/C33H32I2N2O2S/c1-33(2,3)23-14-15-25-28(18-23)40-32(29(25)31(38)37-24-12-8-5-9-13-24)36-19-22-16-26(34)30(27(35)17-22)39-20-21-10-6-4-7-11-21/h4-13,16-17,19,23H,14-15,18,20H2,1-3H3,(H,37,38)/t23-/m0/s1. The van der Waals surface area contributed by atoms with Gasteiger partial charge in [-0.05, 0) is 117 Å². The second-order valence-electron chi connectivity index (χ2n) is 11.2. The van der Waals surface area contributed by atoms with Gasteiger partial charge in [0.15, 0.2) is 0 Å². The van der Waals surface area contributed by atoms with Gasteiger partial charge in [0.1, 0.15) is 17.4 Å². The van der Waals surface area contributed by atoms with Gasteiger partial charge in [0, 0.05) is 16.8 Å². The van der Waals surface area contributed by atoms with E-state index in [0.29, 0.717) is 12.5 Å². The van der Waals surface area contributed by atoms with Gasteiger partial charge in [-0.2, -0.15) is 0 Å². The number of ether oxygens (including phenoxy) is 1. The summed E-state index contributed by atoms with van der Waals surface area (Å²) in [6.07, 6.45) is 4.87. The molecule has 0 bridgehead atoms. The van der Waals surface area contributed by atoms with E-state index < -0.39 is 0 Å². The quantitative estimate of drug-likeness (QED) is 0.150. The first-order chi connectivity index (χ1) is 19.2. The van der Waals surface area contributed by atoms with Gasteiger partial charge in [0.05, 0.1) is 12.7 Å². The average molecular weight is 775 g/mol. The van der Waals surface area contributed by atoms with Crippen LogP contribution in [-0.4, -0.2) is 12.1 Å². The number of anilines is 1. The van der Waals surface area contributed by atoms with Crippen molar-refractivity contribution in [3.8, 4) is 5.75 Å². The van der Waals surface area contributed by atoms with Gasteiger partial charge < -0.3 is 10.1 Å². The van der Waals surface area contributed by atoms with E-state index >= 15 is 0 Å². The summed E-state index contributed by atoms with van der Waals surface area (Å²) in [7, 11) is 0. The zero-order chi connectivity index (χ0) is 28.3. The maximum absolute atomic E-state index is 13.6. The Labute approximate surface area is 267 Å². The highest BCUT2D eigenvalue weighted by Gasteiger charge is 2.33. The van der Waals surface area contributed by atoms with Crippen molar-refractivity contribution in [3.63, 3.8) is 0 Å². The highest BCUT2D eigenvalue weighted by Crippen LogP contribution is 2.45. The van der Waals surface area contributed by atoms with Crippen LogP contribution in [0.2, 0.25) is 0 Å². The minimum atomic E-state index is -0.0844. The molecule has 1 heterocycles. The number of benzene rings is 3. The van der Waals surface area contributed by atoms with Crippen LogP contribution in [0.3, 0.4) is 0 Å². The van der Waals surface area contributed by atoms with Crippen LogP contribution in [0.1, 0.15) is 59.1 Å². The lowest BCUT2D eigenvalue weighted by atomic mass is 9.72. The van der Waals surface area contributed by atoms with Crippen LogP contribution < -0.4 is 10.1 Å². The molecule has 0 saturated carbocycles. The van der Waals surface area contributed by atoms with E-state index in [0.717, 1.165) is 59.5 Å². The van der Waals surface area contributed by atoms with Crippen molar-refractivity contribution in [1.82, 2.24) is 0 Å². The average Bonchev–Trinajstić information content (AvgIpc) is 3.30. The number of carbonyl (C=O) groups excluding carboxylic acids is 1. The van der Waals surface area contributed by atoms with Gasteiger partial charge in [-0.3, -0.25) is 4.79 Å². The Bertz CT molecular complexity index is 1500. The molecule has 1 atom stereocenters. The van der Waals surface area contributed by atoms with Crippen LogP contribution in [-0.2, 0) is 19.4 Å². The third-order valence-corrected chi connectivity index (χ3v) is 10.1. The third kappa shape index (κ3) is 6.97. The normalized spacial score (nSPS) is 15.2. The number of carbonyl (C=O) groups is 1. The number of amides is 1. The molecule has 0 unspecified atom stereocenters. The lowest BCUT2D eigenvalue weighted by molar-refractivity contribution is 0.102. The highest BCUT2D eigenvalue weighted by molar-refractivity contribution is 14.1. The van der Waals surface area contributed by atoms with Gasteiger partial charge in [-0.25, -0.2) is 4.99 Å². The number of hydrogen-bond acceptors (Lipinski definition) is 4. The maximum atomic E-state index is 13.6. The topological polar surface area (TPSA) is 50.7 Å². The first kappa shape index (κ1) is 29.3.